The Balaban J connectivity index is 1.51. The lowest BCUT2D eigenvalue weighted by atomic mass is 10.2. The van der Waals surface area contributed by atoms with Gasteiger partial charge in [-0.05, 0) is 43.5 Å². The van der Waals surface area contributed by atoms with Crippen molar-refractivity contribution in [2.45, 2.75) is 37.5 Å². The van der Waals surface area contributed by atoms with Gasteiger partial charge in [-0.3, -0.25) is 24.6 Å². The number of hydrogen-bond donors (Lipinski definition) is 1. The van der Waals surface area contributed by atoms with Crippen LogP contribution in [0.4, 0.5) is 17.1 Å². The van der Waals surface area contributed by atoms with Crippen LogP contribution in [0.2, 0.25) is 0 Å². The number of amidine groups is 1. The van der Waals surface area contributed by atoms with E-state index in [9.17, 15) is 19.7 Å². The predicted octanol–water partition coefficient (Wildman–Crippen LogP) is 4.03. The Labute approximate surface area is 189 Å². The van der Waals surface area contributed by atoms with E-state index in [1.165, 1.54) is 37.1 Å². The molecule has 10 heteroatoms. The predicted molar refractivity (Wildman–Crippen MR) is 122 cm³/mol. The monoisotopic (exact) mass is 454 g/mol. The Morgan fingerprint density at radius 2 is 2.09 bits per heavy atom. The van der Waals surface area contributed by atoms with Gasteiger partial charge in [-0.25, -0.2) is 4.99 Å². The van der Waals surface area contributed by atoms with Crippen LogP contribution in [-0.4, -0.2) is 45.2 Å². The number of nitrogens with one attached hydrogen (secondary N) is 1. The fraction of sp³-hybridized carbons (Fsp3) is 0.318. The van der Waals surface area contributed by atoms with E-state index < -0.39 is 16.1 Å². The summed E-state index contributed by atoms with van der Waals surface area (Å²) >= 11 is 1.28. The van der Waals surface area contributed by atoms with Crippen molar-refractivity contribution in [3.05, 3.63) is 58.1 Å². The van der Waals surface area contributed by atoms with Crippen LogP contribution < -0.4 is 10.1 Å². The number of rotatable bonds is 7. The quantitative estimate of drug-likeness (QED) is 0.499. The number of aliphatic imine (C=N–C) groups is 1. The molecule has 9 nitrogen and oxygen atoms in total. The molecule has 1 heterocycles. The largest absolute Gasteiger partial charge is 0.495 e. The molecule has 2 amide bonds. The molecule has 0 spiro atoms. The van der Waals surface area contributed by atoms with Crippen LogP contribution in [0.3, 0.4) is 0 Å². The van der Waals surface area contributed by atoms with Crippen LogP contribution in [-0.2, 0) is 9.59 Å². The number of nitro groups is 1. The summed E-state index contributed by atoms with van der Waals surface area (Å²) in [7, 11) is 1.41. The van der Waals surface area contributed by atoms with Crippen molar-refractivity contribution in [1.29, 1.82) is 0 Å². The molecule has 2 aromatic carbocycles. The van der Waals surface area contributed by atoms with Crippen LogP contribution in [0.1, 0.15) is 24.8 Å². The summed E-state index contributed by atoms with van der Waals surface area (Å²) < 4.78 is 5.19. The number of anilines is 1. The highest BCUT2D eigenvalue weighted by atomic mass is 32.2. The van der Waals surface area contributed by atoms with Crippen molar-refractivity contribution in [2.24, 2.45) is 4.99 Å². The van der Waals surface area contributed by atoms with Crippen LogP contribution >= 0.6 is 11.8 Å². The molecule has 2 fully saturated rings. The van der Waals surface area contributed by atoms with Gasteiger partial charge in [0.05, 0.1) is 23.4 Å². The summed E-state index contributed by atoms with van der Waals surface area (Å²) in [6.45, 7) is 1.98. The second kappa shape index (κ2) is 8.99. The van der Waals surface area contributed by atoms with Crippen molar-refractivity contribution in [3.8, 4) is 5.75 Å². The van der Waals surface area contributed by atoms with E-state index in [0.29, 0.717) is 10.9 Å². The molecule has 4 rings (SSSR count). The van der Waals surface area contributed by atoms with E-state index in [0.717, 1.165) is 24.1 Å². The molecular formula is C22H22N4O5S. The molecule has 1 aliphatic carbocycles. The zero-order valence-corrected chi connectivity index (χ0v) is 18.4. The van der Waals surface area contributed by atoms with E-state index in [1.807, 2.05) is 31.2 Å². The van der Waals surface area contributed by atoms with E-state index >= 15 is 0 Å². The van der Waals surface area contributed by atoms with Crippen LogP contribution in [0.15, 0.2) is 47.5 Å². The molecule has 166 valence electrons. The summed E-state index contributed by atoms with van der Waals surface area (Å²) in [5.74, 6) is -0.261. The minimum Gasteiger partial charge on any atom is -0.495 e. The molecule has 0 radical (unpaired) electrons. The molecule has 2 aliphatic rings. The number of non-ortho nitro benzene ring substituents is 1. The second-order valence-corrected chi connectivity index (χ2v) is 8.84. The first-order chi connectivity index (χ1) is 15.4. The summed E-state index contributed by atoms with van der Waals surface area (Å²) in [6.07, 6.45) is 1.76. The topological polar surface area (TPSA) is 114 Å². The fourth-order valence-corrected chi connectivity index (χ4v) is 4.66. The number of benzene rings is 2. The summed E-state index contributed by atoms with van der Waals surface area (Å²) in [5, 5.41) is 13.7. The van der Waals surface area contributed by atoms with Crippen LogP contribution in [0, 0.1) is 17.0 Å². The highest BCUT2D eigenvalue weighted by Gasteiger charge is 2.46. The number of amides is 2. The van der Waals surface area contributed by atoms with Crippen molar-refractivity contribution in [3.63, 3.8) is 0 Å². The maximum atomic E-state index is 13.0. The lowest BCUT2D eigenvalue weighted by Gasteiger charge is -2.15. The SMILES string of the molecule is COc1ccc([N+](=O)[O-])cc1NC(=O)C[C@H]1SC(=Nc2cccc(C)c2)N(C2CC2)C1=O. The fourth-order valence-electron chi connectivity index (χ4n) is 3.45. The smallest absolute Gasteiger partial charge is 0.271 e. The molecule has 0 aromatic heterocycles. The van der Waals surface area contributed by atoms with Crippen molar-refractivity contribution in [1.82, 2.24) is 4.90 Å². The van der Waals surface area contributed by atoms with Gasteiger partial charge in [-0.15, -0.1) is 0 Å². The normalized spacial score (nSPS) is 19.3. The molecule has 1 saturated heterocycles. The molecule has 0 unspecified atom stereocenters. The average molecular weight is 455 g/mol. The number of nitro benzene ring substituents is 1. The molecule has 0 bridgehead atoms. The maximum absolute atomic E-state index is 13.0. The number of thioether (sulfide) groups is 1. The highest BCUT2D eigenvalue weighted by Crippen LogP contribution is 2.39. The Morgan fingerprint density at radius 1 is 1.31 bits per heavy atom. The Kier molecular flexibility index (Phi) is 6.13. The van der Waals surface area contributed by atoms with E-state index in [1.54, 1.807) is 4.90 Å². The Hall–Kier alpha value is -3.40. The Morgan fingerprint density at radius 3 is 2.75 bits per heavy atom. The molecule has 2 aromatic rings. The lowest BCUT2D eigenvalue weighted by molar-refractivity contribution is -0.384. The number of nitrogens with zero attached hydrogens (tertiary/aromatic N) is 3. The van der Waals surface area contributed by atoms with E-state index in [-0.39, 0.29) is 29.7 Å². The lowest BCUT2D eigenvalue weighted by Crippen LogP contribution is -2.35. The van der Waals surface area contributed by atoms with Gasteiger partial charge < -0.3 is 10.1 Å². The zero-order chi connectivity index (χ0) is 22.8. The Bertz CT molecular complexity index is 1120. The minimum atomic E-state index is -0.608. The maximum Gasteiger partial charge on any atom is 0.271 e. The molecule has 1 atom stereocenters. The van der Waals surface area contributed by atoms with Gasteiger partial charge >= 0.3 is 0 Å². The molecule has 1 N–H and O–H groups in total. The molecule has 1 saturated carbocycles. The van der Waals surface area contributed by atoms with Gasteiger partial charge in [0.25, 0.3) is 5.69 Å². The van der Waals surface area contributed by atoms with E-state index in [2.05, 4.69) is 10.3 Å². The first kappa shape index (κ1) is 21.8. The van der Waals surface area contributed by atoms with Gasteiger partial charge in [0.1, 0.15) is 11.0 Å². The average Bonchev–Trinajstić information content (AvgIpc) is 3.53. The van der Waals surface area contributed by atoms with Crippen molar-refractivity contribution in [2.75, 3.05) is 12.4 Å². The van der Waals surface area contributed by atoms with Gasteiger partial charge in [-0.2, -0.15) is 0 Å². The molecular weight excluding hydrogens is 432 g/mol. The summed E-state index contributed by atoms with van der Waals surface area (Å²) in [4.78, 5) is 42.6. The first-order valence-electron chi connectivity index (χ1n) is 10.1. The van der Waals surface area contributed by atoms with Gasteiger partial charge in [0.15, 0.2) is 5.17 Å². The van der Waals surface area contributed by atoms with Gasteiger partial charge in [-0.1, -0.05) is 23.9 Å². The van der Waals surface area contributed by atoms with Crippen molar-refractivity contribution < 1.29 is 19.2 Å². The molecule has 32 heavy (non-hydrogen) atoms. The van der Waals surface area contributed by atoms with Crippen LogP contribution in [0.5, 0.6) is 5.75 Å². The third-order valence-corrected chi connectivity index (χ3v) is 6.30. The number of carbonyl (C=O) groups excluding carboxylic acids is 2. The third-order valence-electron chi connectivity index (χ3n) is 5.14. The van der Waals surface area contributed by atoms with Gasteiger partial charge in [0, 0.05) is 24.6 Å². The highest BCUT2D eigenvalue weighted by molar-refractivity contribution is 8.15. The van der Waals surface area contributed by atoms with Gasteiger partial charge in [0.2, 0.25) is 11.8 Å². The van der Waals surface area contributed by atoms with E-state index in [4.69, 9.17) is 4.74 Å². The van der Waals surface area contributed by atoms with Crippen LogP contribution in [0.25, 0.3) is 0 Å². The zero-order valence-electron chi connectivity index (χ0n) is 17.6. The number of methoxy groups -OCH3 is 1. The molecule has 1 aliphatic heterocycles. The van der Waals surface area contributed by atoms with Crippen molar-refractivity contribution >= 4 is 45.8 Å². The minimum absolute atomic E-state index is 0.0780. The number of carbonyl (C=O) groups is 2. The number of hydrogen-bond acceptors (Lipinski definition) is 7. The first-order valence-corrected chi connectivity index (χ1v) is 11.0. The number of aryl methyl sites for hydroxylation is 1. The third kappa shape index (κ3) is 4.75. The summed E-state index contributed by atoms with van der Waals surface area (Å²) in [5.41, 5.74) is 1.85. The second-order valence-electron chi connectivity index (χ2n) is 7.67. The summed E-state index contributed by atoms with van der Waals surface area (Å²) in [6, 6.07) is 11.8. The number of ether oxygens (including phenoxy) is 1. The standard InChI is InChI=1S/C22H22N4O5S/c1-13-4-3-5-14(10-13)23-22-25(15-6-7-15)21(28)19(32-22)12-20(27)24-17-11-16(26(29)30)8-9-18(17)31-2/h3-5,8-11,15,19H,6-7,12H2,1-2H3,(H,24,27)/t19-/m1/s1.